The van der Waals surface area contributed by atoms with Crippen LogP contribution in [-0.2, 0) is 12.1 Å². The number of benzene rings is 1. The Morgan fingerprint density at radius 2 is 1.76 bits per heavy atom. The molecular formula is C17H21NO3. The van der Waals surface area contributed by atoms with E-state index in [4.69, 9.17) is 4.74 Å². The van der Waals surface area contributed by atoms with Gasteiger partial charge >= 0.3 is 0 Å². The molecule has 0 amide bonds. The average molecular weight is 287 g/mol. The fourth-order valence-corrected chi connectivity index (χ4v) is 2.37. The van der Waals surface area contributed by atoms with Gasteiger partial charge in [-0.2, -0.15) is 0 Å². The molecular weight excluding hydrogens is 266 g/mol. The lowest BCUT2D eigenvalue weighted by Crippen LogP contribution is -2.32. The van der Waals surface area contributed by atoms with Crippen molar-refractivity contribution in [3.63, 3.8) is 0 Å². The first kappa shape index (κ1) is 15.3. The standard InChI is InChI=1S/C17H21NO3/c1-5-18-15(12-6-8-13(21-4)9-7-12)11-10-14(16(18)19)17(2,3)20/h6-11,20H,5H2,1-4H3. The van der Waals surface area contributed by atoms with E-state index in [2.05, 4.69) is 0 Å². The Morgan fingerprint density at radius 1 is 1.14 bits per heavy atom. The molecule has 4 heteroatoms. The van der Waals surface area contributed by atoms with E-state index in [0.717, 1.165) is 17.0 Å². The Morgan fingerprint density at radius 3 is 2.24 bits per heavy atom. The molecule has 112 valence electrons. The molecule has 0 unspecified atom stereocenters. The molecule has 1 aromatic carbocycles. The third-order valence-corrected chi connectivity index (χ3v) is 3.54. The maximum atomic E-state index is 12.5. The summed E-state index contributed by atoms with van der Waals surface area (Å²) in [6, 6.07) is 11.1. The van der Waals surface area contributed by atoms with E-state index in [1.54, 1.807) is 31.6 Å². The SMILES string of the molecule is CCn1c(-c2ccc(OC)cc2)ccc(C(C)(C)O)c1=O. The van der Waals surface area contributed by atoms with Gasteiger partial charge in [-0.15, -0.1) is 0 Å². The van der Waals surface area contributed by atoms with Gasteiger partial charge in [0.2, 0.25) is 0 Å². The Labute approximate surface area is 124 Å². The first-order valence-electron chi connectivity index (χ1n) is 6.99. The molecule has 2 rings (SSSR count). The lowest BCUT2D eigenvalue weighted by atomic mass is 9.98. The van der Waals surface area contributed by atoms with Crippen molar-refractivity contribution in [2.24, 2.45) is 0 Å². The second-order valence-electron chi connectivity index (χ2n) is 5.47. The molecule has 0 aliphatic heterocycles. The van der Waals surface area contributed by atoms with Crippen molar-refractivity contribution in [1.82, 2.24) is 4.57 Å². The summed E-state index contributed by atoms with van der Waals surface area (Å²) in [4.78, 5) is 12.5. The summed E-state index contributed by atoms with van der Waals surface area (Å²) >= 11 is 0. The summed E-state index contributed by atoms with van der Waals surface area (Å²) in [5.74, 6) is 0.775. The summed E-state index contributed by atoms with van der Waals surface area (Å²) in [5, 5.41) is 10.1. The van der Waals surface area contributed by atoms with Crippen molar-refractivity contribution in [1.29, 1.82) is 0 Å². The van der Waals surface area contributed by atoms with Gasteiger partial charge in [0.05, 0.1) is 18.4 Å². The van der Waals surface area contributed by atoms with Crippen molar-refractivity contribution in [3.8, 4) is 17.0 Å². The van der Waals surface area contributed by atoms with Gasteiger partial charge in [-0.05, 0) is 62.7 Å². The molecule has 0 saturated carbocycles. The highest BCUT2D eigenvalue weighted by molar-refractivity contribution is 5.61. The number of hydrogen-bond acceptors (Lipinski definition) is 3. The summed E-state index contributed by atoms with van der Waals surface area (Å²) in [6.07, 6.45) is 0. The molecule has 0 aliphatic rings. The van der Waals surface area contributed by atoms with Crippen molar-refractivity contribution in [2.75, 3.05) is 7.11 Å². The van der Waals surface area contributed by atoms with E-state index in [9.17, 15) is 9.90 Å². The first-order valence-corrected chi connectivity index (χ1v) is 6.99. The van der Waals surface area contributed by atoms with Crippen LogP contribution < -0.4 is 10.3 Å². The highest BCUT2D eigenvalue weighted by atomic mass is 16.5. The van der Waals surface area contributed by atoms with Crippen molar-refractivity contribution in [3.05, 3.63) is 52.3 Å². The second kappa shape index (κ2) is 5.74. The average Bonchev–Trinajstić information content (AvgIpc) is 2.45. The molecule has 0 atom stereocenters. The maximum Gasteiger partial charge on any atom is 0.257 e. The van der Waals surface area contributed by atoms with Gasteiger partial charge < -0.3 is 14.4 Å². The largest absolute Gasteiger partial charge is 0.497 e. The summed E-state index contributed by atoms with van der Waals surface area (Å²) in [7, 11) is 1.62. The van der Waals surface area contributed by atoms with Crippen LogP contribution in [0.2, 0.25) is 0 Å². The van der Waals surface area contributed by atoms with Gasteiger partial charge in [0, 0.05) is 12.1 Å². The third kappa shape index (κ3) is 3.00. The number of ether oxygens (including phenoxy) is 1. The van der Waals surface area contributed by atoms with E-state index in [0.29, 0.717) is 12.1 Å². The number of aliphatic hydroxyl groups is 1. The number of nitrogens with zero attached hydrogens (tertiary/aromatic N) is 1. The number of methoxy groups -OCH3 is 1. The zero-order valence-electron chi connectivity index (χ0n) is 12.9. The monoisotopic (exact) mass is 287 g/mol. The third-order valence-electron chi connectivity index (χ3n) is 3.54. The van der Waals surface area contributed by atoms with Gasteiger partial charge in [0.25, 0.3) is 5.56 Å². The predicted octanol–water partition coefficient (Wildman–Crippen LogP) is 2.77. The molecule has 0 aliphatic carbocycles. The van der Waals surface area contributed by atoms with Crippen molar-refractivity contribution >= 4 is 0 Å². The lowest BCUT2D eigenvalue weighted by molar-refractivity contribution is 0.0765. The summed E-state index contributed by atoms with van der Waals surface area (Å²) in [5.41, 5.74) is 0.877. The normalized spacial score (nSPS) is 11.5. The van der Waals surface area contributed by atoms with Crippen LogP contribution in [0.4, 0.5) is 0 Å². The molecule has 0 bridgehead atoms. The maximum absolute atomic E-state index is 12.5. The Kier molecular flexibility index (Phi) is 4.19. The summed E-state index contributed by atoms with van der Waals surface area (Å²) in [6.45, 7) is 5.71. The van der Waals surface area contributed by atoms with Gasteiger partial charge in [-0.1, -0.05) is 0 Å². The van der Waals surface area contributed by atoms with Crippen LogP contribution in [0.5, 0.6) is 5.75 Å². The molecule has 21 heavy (non-hydrogen) atoms. The minimum absolute atomic E-state index is 0.154. The molecule has 2 aromatic rings. The second-order valence-corrected chi connectivity index (χ2v) is 5.47. The predicted molar refractivity (Wildman–Crippen MR) is 83.6 cm³/mol. The molecule has 0 spiro atoms. The molecule has 1 heterocycles. The van der Waals surface area contributed by atoms with Crippen molar-refractivity contribution in [2.45, 2.75) is 32.9 Å². The quantitative estimate of drug-likeness (QED) is 0.940. The first-order chi connectivity index (χ1) is 9.88. The van der Waals surface area contributed by atoms with Crippen LogP contribution >= 0.6 is 0 Å². The number of aromatic nitrogens is 1. The zero-order chi connectivity index (χ0) is 15.6. The zero-order valence-corrected chi connectivity index (χ0v) is 12.9. The molecule has 0 radical (unpaired) electrons. The van der Waals surface area contributed by atoms with E-state index in [1.165, 1.54) is 0 Å². The molecule has 0 fully saturated rings. The van der Waals surface area contributed by atoms with Crippen LogP contribution in [0.1, 0.15) is 26.3 Å². The molecule has 1 N–H and O–H groups in total. The van der Waals surface area contributed by atoms with Crippen LogP contribution in [0.3, 0.4) is 0 Å². The molecule has 0 saturated heterocycles. The van der Waals surface area contributed by atoms with Crippen LogP contribution in [0.25, 0.3) is 11.3 Å². The van der Waals surface area contributed by atoms with Gasteiger partial charge in [0.15, 0.2) is 0 Å². The Bertz CT molecular complexity index is 679. The number of hydrogen-bond donors (Lipinski definition) is 1. The van der Waals surface area contributed by atoms with E-state index >= 15 is 0 Å². The van der Waals surface area contributed by atoms with Crippen molar-refractivity contribution < 1.29 is 9.84 Å². The Balaban J connectivity index is 2.59. The van der Waals surface area contributed by atoms with Crippen LogP contribution in [0.15, 0.2) is 41.2 Å². The summed E-state index contributed by atoms with van der Waals surface area (Å²) < 4.78 is 6.82. The lowest BCUT2D eigenvalue weighted by Gasteiger charge is -2.20. The minimum Gasteiger partial charge on any atom is -0.497 e. The van der Waals surface area contributed by atoms with Crippen LogP contribution in [0, 0.1) is 0 Å². The molecule has 4 nitrogen and oxygen atoms in total. The minimum atomic E-state index is -1.15. The highest BCUT2D eigenvalue weighted by Gasteiger charge is 2.22. The fraction of sp³-hybridized carbons (Fsp3) is 0.353. The topological polar surface area (TPSA) is 51.5 Å². The van der Waals surface area contributed by atoms with E-state index in [-0.39, 0.29) is 5.56 Å². The van der Waals surface area contributed by atoms with Gasteiger partial charge in [0.1, 0.15) is 5.75 Å². The number of pyridine rings is 1. The smallest absolute Gasteiger partial charge is 0.257 e. The van der Waals surface area contributed by atoms with E-state index < -0.39 is 5.60 Å². The Hall–Kier alpha value is -2.07. The highest BCUT2D eigenvalue weighted by Crippen LogP contribution is 2.24. The van der Waals surface area contributed by atoms with Gasteiger partial charge in [-0.25, -0.2) is 0 Å². The number of rotatable bonds is 4. The fourth-order valence-electron chi connectivity index (χ4n) is 2.37. The van der Waals surface area contributed by atoms with E-state index in [1.807, 2.05) is 37.3 Å². The van der Waals surface area contributed by atoms with Crippen LogP contribution in [-0.4, -0.2) is 16.8 Å². The van der Waals surface area contributed by atoms with Gasteiger partial charge in [-0.3, -0.25) is 4.79 Å². The molecule has 1 aromatic heterocycles.